The van der Waals surface area contributed by atoms with Gasteiger partial charge in [-0.05, 0) is 228 Å². The van der Waals surface area contributed by atoms with E-state index in [4.69, 9.17) is 39.9 Å². The summed E-state index contributed by atoms with van der Waals surface area (Å²) in [6, 6.07) is 143. The van der Waals surface area contributed by atoms with Gasteiger partial charge in [0.15, 0.2) is 0 Å². The Labute approximate surface area is 731 Å². The van der Waals surface area contributed by atoms with E-state index in [2.05, 4.69) is 366 Å². The van der Waals surface area contributed by atoms with Crippen LogP contribution in [0.3, 0.4) is 0 Å². The van der Waals surface area contributed by atoms with Gasteiger partial charge >= 0.3 is 0 Å². The largest absolute Gasteiger partial charge is 0.257 e. The fourth-order valence-electron chi connectivity index (χ4n) is 20.2. The normalized spacial score (nSPS) is 15.7. The minimum Gasteiger partial charge on any atom is -0.257 e. The third kappa shape index (κ3) is 14.8. The number of aromatic nitrogens is 8. The highest BCUT2D eigenvalue weighted by Gasteiger charge is 2.56. The van der Waals surface area contributed by atoms with Crippen molar-refractivity contribution in [1.29, 1.82) is 0 Å². The summed E-state index contributed by atoms with van der Waals surface area (Å²) < 4.78 is 0. The number of hydrogen-bond acceptors (Lipinski definition) is 8. The molecule has 0 atom stereocenters. The predicted octanol–water partition coefficient (Wildman–Crippen LogP) is 26.7. The second-order valence-electron chi connectivity index (χ2n) is 33.0. The first-order valence-electron chi connectivity index (χ1n) is 42.9. The maximum atomic E-state index is 5.22. The quantitative estimate of drug-likeness (QED) is 0.0618. The maximum Gasteiger partial charge on any atom is 0.122 e. The Morgan fingerprint density at radius 1 is 0.137 bits per heavy atom. The Hall–Kier alpha value is -14.3. The zero-order chi connectivity index (χ0) is 83.9. The Morgan fingerprint density at radius 3 is 0.339 bits per heavy atom. The Morgan fingerprint density at radius 2 is 0.242 bits per heavy atom. The second-order valence-corrected chi connectivity index (χ2v) is 49.6. The average molecular weight is 1660 g/mol. The van der Waals surface area contributed by atoms with Crippen molar-refractivity contribution in [3.05, 3.63) is 528 Å². The number of nitrogens with zero attached hydrogens (tertiary/aromatic N) is 8. The first-order valence-corrected chi connectivity index (χ1v) is 53.7. The van der Waals surface area contributed by atoms with Crippen molar-refractivity contribution in [3.63, 3.8) is 0 Å². The van der Waals surface area contributed by atoms with Gasteiger partial charge in [-0.1, -0.05) is 342 Å². The van der Waals surface area contributed by atoms with Crippen LogP contribution >= 0.6 is 0 Å². The number of hydrogen-bond donors (Lipinski definition) is 0. The van der Waals surface area contributed by atoms with Gasteiger partial charge in [0.05, 0.1) is 45.6 Å². The zero-order valence-corrected chi connectivity index (χ0v) is 74.0. The fourth-order valence-corrected chi connectivity index (χ4v) is 43.5. The number of benzene rings is 8. The number of pyridine rings is 8. The van der Waals surface area contributed by atoms with Crippen LogP contribution in [-0.2, 0) is 0 Å². The highest BCUT2D eigenvalue weighted by Crippen LogP contribution is 2.64. The molecule has 0 unspecified atom stereocenters. The molecule has 0 bridgehead atoms. The number of allylic oxidation sites excluding steroid dienone is 8. The van der Waals surface area contributed by atoms with Gasteiger partial charge in [-0.2, -0.15) is 0 Å². The van der Waals surface area contributed by atoms with Crippen LogP contribution in [-0.4, -0.2) is 72.2 Å². The van der Waals surface area contributed by atoms with E-state index in [-0.39, 0.29) is 0 Å². The topological polar surface area (TPSA) is 103 Å². The molecule has 0 spiro atoms. The lowest BCUT2D eigenvalue weighted by atomic mass is 9.90. The van der Waals surface area contributed by atoms with Gasteiger partial charge in [0.1, 0.15) is 32.3 Å². The van der Waals surface area contributed by atoms with Crippen molar-refractivity contribution in [2.75, 3.05) is 0 Å². The van der Waals surface area contributed by atoms with E-state index in [0.717, 1.165) is 69.7 Å². The molecule has 16 aromatic rings. The molecule has 0 aliphatic carbocycles. The van der Waals surface area contributed by atoms with Crippen molar-refractivity contribution in [2.24, 2.45) is 0 Å². The van der Waals surface area contributed by atoms with Gasteiger partial charge < -0.3 is 0 Å². The van der Waals surface area contributed by atoms with E-state index in [1.54, 1.807) is 0 Å². The zero-order valence-electron chi connectivity index (χ0n) is 70.0. The lowest BCUT2D eigenvalue weighted by Crippen LogP contribution is -2.40. The predicted molar refractivity (Wildman–Crippen MR) is 526 cm³/mol. The summed E-state index contributed by atoms with van der Waals surface area (Å²) in [7, 11) is -11.3. The first-order chi connectivity index (χ1) is 61.1. The molecular formula is C112H92N8Si4. The standard InChI is InChI=1S/2C56H46N4Si2/c2*1-61(53(45-31-15-19-35-57-45)49(41-23-7-3-8-24-41)50(42-25-9-4-10-26-42)54(61)46-32-16-20-36-58-46)39-40-62(2)55(47-33-17-21-37-59-47)51(43-27-11-5-12-28-43)52(44-29-13-6-14-30-44)56(62)48-34-18-22-38-60-48/h2*3-38H,39-40H2,1-2H3. The molecule has 20 rings (SSSR count). The fraction of sp³-hybridized carbons (Fsp3) is 0.0714. The van der Waals surface area contributed by atoms with Gasteiger partial charge in [-0.25, -0.2) is 0 Å². The molecule has 596 valence electrons. The summed E-state index contributed by atoms with van der Waals surface area (Å²) in [5.41, 5.74) is 28.0. The molecule has 0 saturated heterocycles. The monoisotopic (exact) mass is 1660 g/mol. The van der Waals surface area contributed by atoms with E-state index in [1.165, 1.54) is 131 Å². The summed E-state index contributed by atoms with van der Waals surface area (Å²) >= 11 is 0. The molecule has 0 saturated carbocycles. The average Bonchev–Trinajstić information content (AvgIpc) is 1.55. The van der Waals surface area contributed by atoms with E-state index in [1.807, 2.05) is 98.1 Å². The molecule has 0 fully saturated rings. The van der Waals surface area contributed by atoms with Gasteiger partial charge in [-0.3, -0.25) is 39.9 Å². The molecule has 8 aromatic carbocycles. The van der Waals surface area contributed by atoms with Crippen molar-refractivity contribution in [3.8, 4) is 0 Å². The SMILES string of the molecule is C[Si]1(CC[Si]2(C)C(c3ccccn3)=C(c3ccccc3)C(c3ccccc3)=C2c2ccccn2)C(c2ccccn2)=C(c2ccccc2)C(c2ccccc2)=C1c1ccccn1.C[Si]1(CC[Si]2(C)C(c3ccccn3)=C(c3ccccc3)C(c3ccccc3)=C2c2ccccn2)C(c2ccccn2)=C(c2ccccc2)C(c2ccccc2)=C1c1ccccn1. The Balaban J connectivity index is 0.000000163. The Bertz CT molecular complexity index is 5550. The third-order valence-corrected chi connectivity index (χ3v) is 44.4. The first kappa shape index (κ1) is 79.5. The van der Waals surface area contributed by atoms with E-state index in [9.17, 15) is 0 Å². The summed E-state index contributed by atoms with van der Waals surface area (Å²) in [5, 5.41) is 10.9. The van der Waals surface area contributed by atoms with Crippen LogP contribution in [0.1, 0.15) is 90.1 Å². The van der Waals surface area contributed by atoms with Crippen LogP contribution in [0.25, 0.3) is 86.2 Å². The molecule has 0 amide bonds. The molecule has 12 heterocycles. The minimum absolute atomic E-state index is 0.955. The van der Waals surface area contributed by atoms with E-state index >= 15 is 0 Å². The lowest BCUT2D eigenvalue weighted by molar-refractivity contribution is 1.25. The summed E-state index contributed by atoms with van der Waals surface area (Å²) in [4.78, 5) is 41.7. The van der Waals surface area contributed by atoms with E-state index < -0.39 is 32.3 Å². The summed E-state index contributed by atoms with van der Waals surface area (Å²) in [6.45, 7) is 10.4. The molecule has 12 heteroatoms. The van der Waals surface area contributed by atoms with Crippen molar-refractivity contribution in [2.45, 2.75) is 50.4 Å². The molecule has 0 N–H and O–H groups in total. The van der Waals surface area contributed by atoms with Crippen LogP contribution in [0, 0.1) is 0 Å². The van der Waals surface area contributed by atoms with Gasteiger partial charge in [0.2, 0.25) is 0 Å². The molecular weight excluding hydrogens is 1570 g/mol. The van der Waals surface area contributed by atoms with Gasteiger partial charge in [-0.15, -0.1) is 0 Å². The van der Waals surface area contributed by atoms with Crippen molar-refractivity contribution < 1.29 is 0 Å². The van der Waals surface area contributed by atoms with Crippen LogP contribution in [0.4, 0.5) is 0 Å². The minimum atomic E-state index is -2.81. The molecule has 8 aromatic heterocycles. The Kier molecular flexibility index (Phi) is 22.5. The second kappa shape index (κ2) is 35.1. The van der Waals surface area contributed by atoms with Gasteiger partial charge in [0, 0.05) is 49.6 Å². The highest BCUT2D eigenvalue weighted by atomic mass is 28.3. The van der Waals surface area contributed by atoms with E-state index in [0.29, 0.717) is 0 Å². The van der Waals surface area contributed by atoms with Crippen LogP contribution in [0.2, 0.25) is 50.4 Å². The highest BCUT2D eigenvalue weighted by molar-refractivity contribution is 7.19. The lowest BCUT2D eigenvalue weighted by Gasteiger charge is -2.36. The van der Waals surface area contributed by atoms with Crippen LogP contribution < -0.4 is 0 Å². The van der Waals surface area contributed by atoms with Gasteiger partial charge in [0.25, 0.3) is 0 Å². The smallest absolute Gasteiger partial charge is 0.122 e. The molecule has 8 nitrogen and oxygen atoms in total. The van der Waals surface area contributed by atoms with Crippen LogP contribution in [0.5, 0.6) is 0 Å². The van der Waals surface area contributed by atoms with Crippen LogP contribution in [0.15, 0.2) is 438 Å². The van der Waals surface area contributed by atoms with Crippen molar-refractivity contribution in [1.82, 2.24) is 39.9 Å². The summed E-state index contributed by atoms with van der Waals surface area (Å²) in [5.74, 6) is 0. The molecule has 0 radical (unpaired) electrons. The third-order valence-electron chi connectivity index (χ3n) is 25.5. The van der Waals surface area contributed by atoms with Crippen molar-refractivity contribution >= 4 is 118 Å². The summed E-state index contributed by atoms with van der Waals surface area (Å²) in [6.07, 6.45) is 15.6. The number of rotatable bonds is 22. The molecule has 124 heavy (non-hydrogen) atoms. The maximum absolute atomic E-state index is 5.22. The molecule has 4 aliphatic heterocycles. The molecule has 4 aliphatic rings.